The van der Waals surface area contributed by atoms with E-state index in [1.807, 2.05) is 86.6 Å². The van der Waals surface area contributed by atoms with Gasteiger partial charge < -0.3 is 14.8 Å². The molecule has 0 saturated carbocycles. The second-order valence-electron chi connectivity index (χ2n) is 8.66. The Balaban J connectivity index is 1.63. The average molecular weight is 503 g/mol. The Hall–Kier alpha value is -3.91. The summed E-state index contributed by atoms with van der Waals surface area (Å²) in [5.74, 6) is -0.148. The molecule has 0 radical (unpaired) electrons. The normalized spacial score (nSPS) is 11.3. The summed E-state index contributed by atoms with van der Waals surface area (Å²) in [6, 6.07) is 26.0. The number of urea groups is 1. The maximum atomic E-state index is 13.4. The summed E-state index contributed by atoms with van der Waals surface area (Å²) in [6.45, 7) is 4.87. The number of imidazole rings is 1. The molecule has 0 spiro atoms. The lowest BCUT2D eigenvalue weighted by molar-refractivity contribution is 0.210. The standard InChI is InChI=1S/C28H30N4O3S/c1-3-31(27(33)30-25-16-14-22(2)15-17-25)20-26-18-29-28(32(26)19-23-10-6-4-7-11-23)36(34,35)21-24-12-8-5-9-13-24/h4-18H,3,19-21H2,1-2H3,(H,30,33). The van der Waals surface area contributed by atoms with E-state index in [1.54, 1.807) is 27.8 Å². The molecule has 2 amide bonds. The minimum atomic E-state index is -3.73. The van der Waals surface area contributed by atoms with Crippen molar-refractivity contribution in [3.8, 4) is 0 Å². The van der Waals surface area contributed by atoms with Crippen molar-refractivity contribution in [3.63, 3.8) is 0 Å². The first-order valence-corrected chi connectivity index (χ1v) is 13.5. The highest BCUT2D eigenvalue weighted by Crippen LogP contribution is 2.21. The first-order valence-electron chi connectivity index (χ1n) is 11.8. The van der Waals surface area contributed by atoms with Crippen LogP contribution in [-0.2, 0) is 28.7 Å². The number of anilines is 1. The van der Waals surface area contributed by atoms with Gasteiger partial charge in [0.1, 0.15) is 0 Å². The molecule has 0 aliphatic rings. The van der Waals surface area contributed by atoms with E-state index in [2.05, 4.69) is 10.3 Å². The molecule has 0 aliphatic heterocycles. The summed E-state index contributed by atoms with van der Waals surface area (Å²) in [6.07, 6.45) is 1.56. The van der Waals surface area contributed by atoms with E-state index >= 15 is 0 Å². The number of amides is 2. The van der Waals surface area contributed by atoms with Crippen LogP contribution in [0.5, 0.6) is 0 Å². The lowest BCUT2D eigenvalue weighted by Gasteiger charge is -2.22. The Bertz CT molecular complexity index is 1400. The fraction of sp³-hybridized carbons (Fsp3) is 0.214. The summed E-state index contributed by atoms with van der Waals surface area (Å²) in [5, 5.41) is 2.92. The van der Waals surface area contributed by atoms with Gasteiger partial charge in [-0.05, 0) is 37.1 Å². The molecule has 36 heavy (non-hydrogen) atoms. The van der Waals surface area contributed by atoms with Crippen LogP contribution in [0.4, 0.5) is 10.5 Å². The third-order valence-corrected chi connectivity index (χ3v) is 7.48. The van der Waals surface area contributed by atoms with Crippen LogP contribution < -0.4 is 5.32 Å². The van der Waals surface area contributed by atoms with Gasteiger partial charge in [0.25, 0.3) is 0 Å². The zero-order valence-corrected chi connectivity index (χ0v) is 21.3. The molecule has 7 nitrogen and oxygen atoms in total. The fourth-order valence-electron chi connectivity index (χ4n) is 3.92. The highest BCUT2D eigenvalue weighted by molar-refractivity contribution is 7.90. The molecule has 1 heterocycles. The quantitative estimate of drug-likeness (QED) is 0.338. The second-order valence-corrected chi connectivity index (χ2v) is 10.5. The van der Waals surface area contributed by atoms with Crippen LogP contribution in [0.15, 0.2) is 96.3 Å². The molecule has 3 aromatic carbocycles. The Labute approximate surface area is 212 Å². The minimum absolute atomic E-state index is 0.000187. The molecule has 4 rings (SSSR count). The Morgan fingerprint density at radius 2 is 1.53 bits per heavy atom. The third-order valence-electron chi connectivity index (χ3n) is 5.89. The molecule has 8 heteroatoms. The van der Waals surface area contributed by atoms with Crippen molar-refractivity contribution in [3.05, 3.63) is 114 Å². The maximum Gasteiger partial charge on any atom is 0.322 e. The van der Waals surface area contributed by atoms with E-state index < -0.39 is 9.84 Å². The number of aromatic nitrogens is 2. The van der Waals surface area contributed by atoms with Gasteiger partial charge in [-0.15, -0.1) is 0 Å². The van der Waals surface area contributed by atoms with Gasteiger partial charge in [0.05, 0.1) is 30.7 Å². The molecule has 0 atom stereocenters. The first-order chi connectivity index (χ1) is 17.4. The first kappa shape index (κ1) is 25.2. The number of carbonyl (C=O) groups excluding carboxylic acids is 1. The third kappa shape index (κ3) is 6.20. The predicted molar refractivity (Wildman–Crippen MR) is 141 cm³/mol. The van der Waals surface area contributed by atoms with Crippen molar-refractivity contribution in [1.82, 2.24) is 14.5 Å². The number of aryl methyl sites for hydroxylation is 1. The highest BCUT2D eigenvalue weighted by atomic mass is 32.2. The number of nitrogens with zero attached hydrogens (tertiary/aromatic N) is 3. The summed E-state index contributed by atoms with van der Waals surface area (Å²) in [7, 11) is -3.73. The van der Waals surface area contributed by atoms with Gasteiger partial charge in [0.15, 0.2) is 0 Å². The average Bonchev–Trinajstić information content (AvgIpc) is 3.27. The molecule has 4 aromatic rings. The SMILES string of the molecule is CCN(Cc1cnc(S(=O)(=O)Cc2ccccc2)n1Cc1ccccc1)C(=O)Nc1ccc(C)cc1. The van der Waals surface area contributed by atoms with Crippen LogP contribution in [-0.4, -0.2) is 35.4 Å². The van der Waals surface area contributed by atoms with Crippen molar-refractivity contribution < 1.29 is 13.2 Å². The van der Waals surface area contributed by atoms with Crippen LogP contribution in [0.25, 0.3) is 0 Å². The lowest BCUT2D eigenvalue weighted by Crippen LogP contribution is -2.35. The van der Waals surface area contributed by atoms with E-state index in [9.17, 15) is 13.2 Å². The Morgan fingerprint density at radius 3 is 2.14 bits per heavy atom. The van der Waals surface area contributed by atoms with Gasteiger partial charge in [-0.25, -0.2) is 18.2 Å². The minimum Gasteiger partial charge on any atom is -0.319 e. The van der Waals surface area contributed by atoms with Crippen molar-refractivity contribution >= 4 is 21.6 Å². The zero-order valence-electron chi connectivity index (χ0n) is 20.5. The van der Waals surface area contributed by atoms with Crippen LogP contribution >= 0.6 is 0 Å². The highest BCUT2D eigenvalue weighted by Gasteiger charge is 2.25. The summed E-state index contributed by atoms with van der Waals surface area (Å²) < 4.78 is 28.5. The topological polar surface area (TPSA) is 84.3 Å². The van der Waals surface area contributed by atoms with Crippen molar-refractivity contribution in [2.45, 2.75) is 37.8 Å². The number of sulfone groups is 1. The van der Waals surface area contributed by atoms with Gasteiger partial charge in [-0.2, -0.15) is 0 Å². The molecule has 1 aromatic heterocycles. The van der Waals surface area contributed by atoms with E-state index in [0.717, 1.165) is 11.1 Å². The molecule has 0 unspecified atom stereocenters. The smallest absolute Gasteiger partial charge is 0.319 e. The number of rotatable bonds is 9. The fourth-order valence-corrected chi connectivity index (χ4v) is 5.41. The molecule has 0 aliphatic carbocycles. The van der Waals surface area contributed by atoms with Crippen molar-refractivity contribution in [1.29, 1.82) is 0 Å². The van der Waals surface area contributed by atoms with Gasteiger partial charge in [-0.3, -0.25) is 0 Å². The van der Waals surface area contributed by atoms with Crippen LogP contribution in [0.2, 0.25) is 0 Å². The number of nitrogens with one attached hydrogen (secondary N) is 1. The molecule has 186 valence electrons. The molecular formula is C28H30N4O3S. The summed E-state index contributed by atoms with van der Waals surface area (Å²) in [5.41, 5.74) is 4.09. The van der Waals surface area contributed by atoms with Gasteiger partial charge in [0, 0.05) is 12.2 Å². The largest absolute Gasteiger partial charge is 0.322 e. The van der Waals surface area contributed by atoms with Gasteiger partial charge in [0.2, 0.25) is 15.0 Å². The number of benzene rings is 3. The Kier molecular flexibility index (Phi) is 7.85. The second kappa shape index (κ2) is 11.2. The van der Waals surface area contributed by atoms with Crippen LogP contribution in [0.3, 0.4) is 0 Å². The van der Waals surface area contributed by atoms with Crippen molar-refractivity contribution in [2.24, 2.45) is 0 Å². The van der Waals surface area contributed by atoms with Gasteiger partial charge >= 0.3 is 6.03 Å². The van der Waals surface area contributed by atoms with Crippen molar-refractivity contribution in [2.75, 3.05) is 11.9 Å². The number of hydrogen-bond donors (Lipinski definition) is 1. The number of hydrogen-bond acceptors (Lipinski definition) is 4. The molecule has 0 saturated heterocycles. The molecule has 1 N–H and O–H groups in total. The van der Waals surface area contributed by atoms with E-state index in [0.29, 0.717) is 30.0 Å². The molecular weight excluding hydrogens is 472 g/mol. The summed E-state index contributed by atoms with van der Waals surface area (Å²) >= 11 is 0. The van der Waals surface area contributed by atoms with Gasteiger partial charge in [-0.1, -0.05) is 78.4 Å². The lowest BCUT2D eigenvalue weighted by atomic mass is 10.2. The maximum absolute atomic E-state index is 13.4. The van der Waals surface area contributed by atoms with E-state index in [4.69, 9.17) is 0 Å². The van der Waals surface area contributed by atoms with Crippen LogP contribution in [0, 0.1) is 6.92 Å². The van der Waals surface area contributed by atoms with E-state index in [-0.39, 0.29) is 23.5 Å². The summed E-state index contributed by atoms with van der Waals surface area (Å²) in [4.78, 5) is 19.0. The molecule has 0 fully saturated rings. The monoisotopic (exact) mass is 502 g/mol. The Morgan fingerprint density at radius 1 is 0.917 bits per heavy atom. The number of carbonyl (C=O) groups is 1. The van der Waals surface area contributed by atoms with Crippen LogP contribution in [0.1, 0.15) is 29.3 Å². The van der Waals surface area contributed by atoms with E-state index in [1.165, 1.54) is 0 Å². The zero-order chi connectivity index (χ0) is 25.5. The molecule has 0 bridgehead atoms. The predicted octanol–water partition coefficient (Wildman–Crippen LogP) is 5.27.